The minimum Gasteiger partial charge on any atom is -0.366 e. The molecule has 1 aromatic carbocycles. The Morgan fingerprint density at radius 1 is 1.08 bits per heavy atom. The van der Waals surface area contributed by atoms with E-state index in [0.717, 1.165) is 27.9 Å². The smallest absolute Gasteiger partial charge is 0.137 e. The Hall–Kier alpha value is -3.28. The maximum absolute atomic E-state index is 12.9. The Morgan fingerprint density at radius 3 is 2.83 bits per heavy atom. The van der Waals surface area contributed by atoms with Crippen LogP contribution in [-0.4, -0.2) is 19.9 Å². The van der Waals surface area contributed by atoms with Gasteiger partial charge in [-0.05, 0) is 29.8 Å². The highest BCUT2D eigenvalue weighted by atomic mass is 19.1. The molecule has 4 aromatic rings. The number of H-pyrrole nitrogens is 1. The van der Waals surface area contributed by atoms with Crippen molar-refractivity contribution in [1.29, 1.82) is 0 Å². The lowest BCUT2D eigenvalue weighted by Gasteiger charge is -2.07. The molecule has 0 spiro atoms. The lowest BCUT2D eigenvalue weighted by molar-refractivity contribution is 0.627. The molecule has 0 aliphatic carbocycles. The molecule has 0 saturated carbocycles. The lowest BCUT2D eigenvalue weighted by atomic mass is 10.1. The molecule has 0 unspecified atom stereocenters. The molecule has 0 saturated heterocycles. The monoisotopic (exact) mass is 323 g/mol. The van der Waals surface area contributed by atoms with E-state index in [0.29, 0.717) is 12.4 Å². The van der Waals surface area contributed by atoms with Gasteiger partial charge in [-0.2, -0.15) is 0 Å². The van der Waals surface area contributed by atoms with Crippen LogP contribution in [-0.2, 0) is 6.54 Å². The normalized spacial score (nSPS) is 10.9. The summed E-state index contributed by atoms with van der Waals surface area (Å²) in [5, 5.41) is 4.25. The molecule has 6 heteroatoms. The van der Waals surface area contributed by atoms with Gasteiger partial charge in [-0.25, -0.2) is 19.3 Å². The first-order chi connectivity index (χ1) is 11.8. The lowest BCUT2D eigenvalue weighted by Crippen LogP contribution is -2.02. The number of nitrogens with one attached hydrogen (secondary N) is 2. The van der Waals surface area contributed by atoms with E-state index in [1.165, 1.54) is 18.5 Å². The molecule has 0 amide bonds. The topological polar surface area (TPSA) is 66.5 Å². The van der Waals surface area contributed by atoms with Crippen LogP contribution in [0.15, 0.2) is 61.2 Å². The van der Waals surface area contributed by atoms with Gasteiger partial charge >= 0.3 is 0 Å². The summed E-state index contributed by atoms with van der Waals surface area (Å²) in [6, 6.07) is 12.2. The van der Waals surface area contributed by atoms with Crippen LogP contribution in [0.2, 0.25) is 0 Å². The van der Waals surface area contributed by atoms with Gasteiger partial charge < -0.3 is 10.3 Å². The largest absolute Gasteiger partial charge is 0.366 e. The first-order valence-electron chi connectivity index (χ1n) is 7.52. The number of fused-ring (bicyclic) bond motifs is 1. The Kier molecular flexibility index (Phi) is 3.63. The van der Waals surface area contributed by atoms with Crippen molar-refractivity contribution >= 4 is 16.9 Å². The Balaban J connectivity index is 0.00000121. The average Bonchev–Trinajstić information content (AvgIpc) is 3.06. The molecule has 0 aliphatic rings. The highest BCUT2D eigenvalue weighted by Gasteiger charge is 2.08. The molecule has 3 heterocycles. The summed E-state index contributed by atoms with van der Waals surface area (Å²) < 4.78 is 12.9. The molecule has 4 rings (SSSR count). The van der Waals surface area contributed by atoms with Crippen LogP contribution in [0.1, 0.15) is 8.42 Å². The van der Waals surface area contributed by atoms with Crippen LogP contribution >= 0.6 is 0 Å². The van der Waals surface area contributed by atoms with E-state index >= 15 is 0 Å². The number of hydrogen-bond donors (Lipinski definition) is 2. The second-order valence-electron chi connectivity index (χ2n) is 5.37. The summed E-state index contributed by atoms with van der Waals surface area (Å²) >= 11 is 0. The van der Waals surface area contributed by atoms with Crippen LogP contribution in [0.25, 0.3) is 22.3 Å². The van der Waals surface area contributed by atoms with E-state index in [4.69, 9.17) is 0 Å². The van der Waals surface area contributed by atoms with Gasteiger partial charge in [-0.1, -0.05) is 12.1 Å². The molecular formula is C18H18FN5. The van der Waals surface area contributed by atoms with Crippen molar-refractivity contribution in [1.82, 2.24) is 19.9 Å². The van der Waals surface area contributed by atoms with E-state index < -0.39 is 0 Å². The van der Waals surface area contributed by atoms with Gasteiger partial charge in [-0.3, -0.25) is 0 Å². The Bertz CT molecular complexity index is 988. The van der Waals surface area contributed by atoms with Gasteiger partial charge in [0, 0.05) is 38.8 Å². The van der Waals surface area contributed by atoms with E-state index in [1.807, 2.05) is 24.4 Å². The molecule has 0 radical (unpaired) electrons. The van der Waals surface area contributed by atoms with E-state index in [1.54, 1.807) is 18.3 Å². The van der Waals surface area contributed by atoms with Crippen molar-refractivity contribution < 1.29 is 7.24 Å². The summed E-state index contributed by atoms with van der Waals surface area (Å²) in [4.78, 5) is 16.0. The number of aromatic amines is 1. The van der Waals surface area contributed by atoms with Gasteiger partial charge in [-0.15, -0.1) is 0 Å². The van der Waals surface area contributed by atoms with Crippen LogP contribution in [0.3, 0.4) is 0 Å². The zero-order valence-electron chi connectivity index (χ0n) is 12.7. The van der Waals surface area contributed by atoms with Gasteiger partial charge in [0.2, 0.25) is 0 Å². The van der Waals surface area contributed by atoms with E-state index in [-0.39, 0.29) is 8.67 Å². The second-order valence-corrected chi connectivity index (χ2v) is 5.37. The quantitative estimate of drug-likeness (QED) is 0.589. The standard InChI is InChI=1S/C18H14FN5.2H2/c19-13-5-3-12(4-6-13)9-21-17-8-16(23-11-24-17)15-10-22-18-14(15)2-1-7-20-18;;/h1-8,10-11H,9H2,(H,20,22)(H,21,23,24);2*1H. The van der Waals surface area contributed by atoms with Crippen molar-refractivity contribution in [3.05, 3.63) is 72.6 Å². The Morgan fingerprint density at radius 2 is 1.96 bits per heavy atom. The molecule has 0 bridgehead atoms. The molecule has 0 atom stereocenters. The van der Waals surface area contributed by atoms with Crippen molar-refractivity contribution in [2.45, 2.75) is 6.54 Å². The number of aromatic nitrogens is 4. The van der Waals surface area contributed by atoms with Crippen LogP contribution in [0, 0.1) is 5.82 Å². The summed E-state index contributed by atoms with van der Waals surface area (Å²) in [6.07, 6.45) is 5.17. The summed E-state index contributed by atoms with van der Waals surface area (Å²) in [7, 11) is 0. The average molecular weight is 323 g/mol. The fourth-order valence-electron chi connectivity index (χ4n) is 2.56. The van der Waals surface area contributed by atoms with Gasteiger partial charge in [0.1, 0.15) is 23.6 Å². The van der Waals surface area contributed by atoms with Gasteiger partial charge in [0.15, 0.2) is 0 Å². The number of pyridine rings is 1. The molecule has 2 N–H and O–H groups in total. The maximum atomic E-state index is 12.9. The minimum absolute atomic E-state index is 0. The van der Waals surface area contributed by atoms with Crippen LogP contribution < -0.4 is 5.32 Å². The predicted octanol–water partition coefficient (Wildman–Crippen LogP) is 4.26. The number of nitrogens with zero attached hydrogens (tertiary/aromatic N) is 3. The third kappa shape index (κ3) is 2.81. The number of benzene rings is 1. The van der Waals surface area contributed by atoms with Crippen LogP contribution in [0.5, 0.6) is 0 Å². The van der Waals surface area contributed by atoms with Gasteiger partial charge in [0.25, 0.3) is 0 Å². The van der Waals surface area contributed by atoms with Crippen molar-refractivity contribution in [3.63, 3.8) is 0 Å². The zero-order valence-corrected chi connectivity index (χ0v) is 12.7. The molecule has 0 aliphatic heterocycles. The van der Waals surface area contributed by atoms with Crippen LogP contribution in [0.4, 0.5) is 10.2 Å². The molecule has 24 heavy (non-hydrogen) atoms. The number of halogens is 1. The molecule has 0 fully saturated rings. The Labute approximate surface area is 140 Å². The fourth-order valence-corrected chi connectivity index (χ4v) is 2.56. The zero-order chi connectivity index (χ0) is 16.4. The van der Waals surface area contributed by atoms with E-state index in [9.17, 15) is 4.39 Å². The predicted molar refractivity (Wildman–Crippen MR) is 95.1 cm³/mol. The SMILES string of the molecule is Fc1ccc(CNc2cc(-c3c[nH]c4ncccc34)ncn2)cc1.[HH].[HH]. The van der Waals surface area contributed by atoms with Crippen molar-refractivity contribution in [2.24, 2.45) is 0 Å². The molecule has 5 nitrogen and oxygen atoms in total. The number of rotatable bonds is 4. The van der Waals surface area contributed by atoms with E-state index in [2.05, 4.69) is 25.3 Å². The number of hydrogen-bond acceptors (Lipinski definition) is 4. The highest BCUT2D eigenvalue weighted by molar-refractivity contribution is 5.92. The molecule has 122 valence electrons. The maximum Gasteiger partial charge on any atom is 0.137 e. The highest BCUT2D eigenvalue weighted by Crippen LogP contribution is 2.26. The second kappa shape index (κ2) is 6.08. The summed E-state index contributed by atoms with van der Waals surface area (Å²) in [6.45, 7) is 0.562. The molecular weight excluding hydrogens is 305 g/mol. The number of anilines is 1. The first-order valence-corrected chi connectivity index (χ1v) is 7.52. The summed E-state index contributed by atoms with van der Waals surface area (Å²) in [5.41, 5.74) is 3.59. The minimum atomic E-state index is -0.240. The van der Waals surface area contributed by atoms with Gasteiger partial charge in [0.05, 0.1) is 5.69 Å². The van der Waals surface area contributed by atoms with Crippen molar-refractivity contribution in [2.75, 3.05) is 5.32 Å². The third-order valence-corrected chi connectivity index (χ3v) is 3.78. The third-order valence-electron chi connectivity index (χ3n) is 3.78. The molecule has 3 aromatic heterocycles. The van der Waals surface area contributed by atoms with Crippen molar-refractivity contribution in [3.8, 4) is 11.3 Å². The fraction of sp³-hybridized carbons (Fsp3) is 0.0556. The summed E-state index contributed by atoms with van der Waals surface area (Å²) in [5.74, 6) is 0.471. The first kappa shape index (κ1) is 14.3.